The van der Waals surface area contributed by atoms with E-state index in [1.807, 2.05) is 0 Å². The summed E-state index contributed by atoms with van der Waals surface area (Å²) in [4.78, 5) is 16.8. The fraction of sp³-hybridized carbons (Fsp3) is 0.238. The first-order valence-corrected chi connectivity index (χ1v) is 11.0. The largest absolute Gasteiger partial charge is 0.593 e. The third-order valence-corrected chi connectivity index (χ3v) is 6.66. The van der Waals surface area contributed by atoms with Crippen LogP contribution in [0.5, 0.6) is 5.75 Å². The van der Waals surface area contributed by atoms with Crippen LogP contribution >= 0.6 is 11.6 Å². The van der Waals surface area contributed by atoms with Crippen molar-refractivity contribution in [1.82, 2.24) is 9.29 Å². The van der Waals surface area contributed by atoms with Crippen molar-refractivity contribution in [2.24, 2.45) is 0 Å². The summed E-state index contributed by atoms with van der Waals surface area (Å²) in [6.07, 6.45) is 1.55. The number of hydrogen-bond donors (Lipinski definition) is 2. The molecule has 0 spiro atoms. The minimum Gasteiger partial charge on any atom is -0.593 e. The van der Waals surface area contributed by atoms with Gasteiger partial charge in [0.05, 0.1) is 62.2 Å². The topological polar surface area (TPSA) is 107 Å². The van der Waals surface area contributed by atoms with Gasteiger partial charge in [0.25, 0.3) is 0 Å². The van der Waals surface area contributed by atoms with Crippen LogP contribution in [0, 0.1) is 0 Å². The Labute approximate surface area is 187 Å². The van der Waals surface area contributed by atoms with Gasteiger partial charge in [-0.15, -0.1) is 4.31 Å². The van der Waals surface area contributed by atoms with Gasteiger partial charge in [0.15, 0.2) is 0 Å². The first-order valence-electron chi connectivity index (χ1n) is 9.49. The van der Waals surface area contributed by atoms with Crippen LogP contribution in [-0.4, -0.2) is 58.3 Å². The van der Waals surface area contributed by atoms with Crippen LogP contribution in [0.3, 0.4) is 0 Å². The monoisotopic (exact) mass is 461 g/mol. The van der Waals surface area contributed by atoms with E-state index in [9.17, 15) is 14.5 Å². The van der Waals surface area contributed by atoms with Gasteiger partial charge in [-0.05, 0) is 30.3 Å². The number of benzene rings is 2. The van der Waals surface area contributed by atoms with Crippen molar-refractivity contribution in [3.05, 3.63) is 53.2 Å². The van der Waals surface area contributed by atoms with Crippen molar-refractivity contribution in [2.75, 3.05) is 38.7 Å². The third-order valence-electron chi connectivity index (χ3n) is 4.91. The molecule has 162 valence electrons. The molecule has 1 fully saturated rings. The van der Waals surface area contributed by atoms with Crippen LogP contribution in [0.2, 0.25) is 5.02 Å². The maximum atomic E-state index is 13.4. The molecule has 0 amide bonds. The summed E-state index contributed by atoms with van der Waals surface area (Å²) < 4.78 is 25.8. The number of rotatable bonds is 6. The zero-order chi connectivity index (χ0) is 22.0. The molecule has 0 bridgehead atoms. The van der Waals surface area contributed by atoms with Crippen LogP contribution in [0.25, 0.3) is 10.9 Å². The second-order valence-corrected chi connectivity index (χ2v) is 8.65. The van der Waals surface area contributed by atoms with E-state index in [-0.39, 0.29) is 11.3 Å². The van der Waals surface area contributed by atoms with Gasteiger partial charge in [0.1, 0.15) is 17.0 Å². The molecule has 0 radical (unpaired) electrons. The molecule has 1 aromatic heterocycles. The Morgan fingerprint density at radius 2 is 2.10 bits per heavy atom. The lowest BCUT2D eigenvalue weighted by Crippen LogP contribution is -2.40. The first kappa shape index (κ1) is 21.7. The number of aromatic carboxylic acids is 1. The van der Waals surface area contributed by atoms with Crippen LogP contribution in [-0.2, 0) is 16.1 Å². The molecule has 1 aliphatic heterocycles. The average molecular weight is 462 g/mol. The molecular weight excluding hydrogens is 442 g/mol. The van der Waals surface area contributed by atoms with Crippen LogP contribution < -0.4 is 10.1 Å². The molecule has 1 aliphatic rings. The van der Waals surface area contributed by atoms with E-state index in [0.717, 1.165) is 0 Å². The molecule has 3 aromatic rings. The molecule has 10 heteroatoms. The van der Waals surface area contributed by atoms with Gasteiger partial charge in [-0.2, -0.15) is 0 Å². The van der Waals surface area contributed by atoms with Gasteiger partial charge in [0, 0.05) is 10.4 Å². The number of carboxylic acids is 1. The quantitative estimate of drug-likeness (QED) is 0.535. The molecule has 2 N–H and O–H groups in total. The highest BCUT2D eigenvalue weighted by atomic mass is 35.5. The maximum absolute atomic E-state index is 13.4. The first-order chi connectivity index (χ1) is 15.0. The van der Waals surface area contributed by atoms with Crippen molar-refractivity contribution < 1.29 is 23.9 Å². The summed E-state index contributed by atoms with van der Waals surface area (Å²) in [7, 11) is 1.41. The Hall–Kier alpha value is -2.56. The number of ether oxygens (including phenoxy) is 2. The van der Waals surface area contributed by atoms with E-state index in [4.69, 9.17) is 21.1 Å². The van der Waals surface area contributed by atoms with Crippen molar-refractivity contribution in [3.63, 3.8) is 0 Å². The number of nitrogens with one attached hydrogen (secondary N) is 1. The molecule has 4 rings (SSSR count). The lowest BCUT2D eigenvalue weighted by molar-refractivity contribution is 0.0694. The molecule has 1 atom stereocenters. The molecule has 31 heavy (non-hydrogen) atoms. The smallest absolute Gasteiger partial charge is 0.341 e. The second-order valence-electron chi connectivity index (χ2n) is 6.76. The van der Waals surface area contributed by atoms with E-state index in [1.165, 1.54) is 7.11 Å². The van der Waals surface area contributed by atoms with Gasteiger partial charge in [0.2, 0.25) is 4.90 Å². The molecule has 1 saturated heterocycles. The number of nitrogens with zero attached hydrogens (tertiary/aromatic N) is 2. The van der Waals surface area contributed by atoms with E-state index in [2.05, 4.69) is 10.3 Å². The Balaban J connectivity index is 1.87. The summed E-state index contributed by atoms with van der Waals surface area (Å²) in [6.45, 7) is 2.00. The van der Waals surface area contributed by atoms with Gasteiger partial charge >= 0.3 is 5.97 Å². The van der Waals surface area contributed by atoms with Gasteiger partial charge < -0.3 is 24.4 Å². The zero-order valence-electron chi connectivity index (χ0n) is 16.6. The fourth-order valence-corrected chi connectivity index (χ4v) is 4.83. The van der Waals surface area contributed by atoms with Gasteiger partial charge in [-0.25, -0.2) is 4.79 Å². The Morgan fingerprint density at radius 1 is 1.32 bits per heavy atom. The van der Waals surface area contributed by atoms with E-state index >= 15 is 0 Å². The number of fused-ring (bicyclic) bond motifs is 1. The van der Waals surface area contributed by atoms with Crippen molar-refractivity contribution in [2.45, 2.75) is 4.90 Å². The number of morpholine rings is 1. The lowest BCUT2D eigenvalue weighted by atomic mass is 10.1. The SMILES string of the molecule is COc1cccc(Nc2c([S+]([O-])N3CCOCC3)cnc3ccc(Cl)cc23)c1C(=O)O. The molecular formula is C21H20ClN3O5S. The Kier molecular flexibility index (Phi) is 6.49. The molecule has 0 saturated carbocycles. The summed E-state index contributed by atoms with van der Waals surface area (Å²) in [5.41, 5.74) is 1.39. The number of pyridine rings is 1. The summed E-state index contributed by atoms with van der Waals surface area (Å²) in [5.74, 6) is -0.933. The second kappa shape index (κ2) is 9.29. The van der Waals surface area contributed by atoms with Crippen LogP contribution in [0.15, 0.2) is 47.5 Å². The lowest BCUT2D eigenvalue weighted by Gasteiger charge is -2.28. The molecule has 2 heterocycles. The standard InChI is InChI=1S/C21H20ClN3O5S/c1-29-17-4-2-3-16(19(17)21(26)27)24-20-14-11-13(22)5-6-15(14)23-12-18(20)31(28)25-7-9-30-10-8-25/h2-6,11-12H,7-10H2,1H3,(H,23,24)(H,26,27). The number of methoxy groups -OCH3 is 1. The van der Waals surface area contributed by atoms with Crippen LogP contribution in [0.4, 0.5) is 11.4 Å². The van der Waals surface area contributed by atoms with Crippen molar-refractivity contribution in [1.29, 1.82) is 0 Å². The summed E-state index contributed by atoms with van der Waals surface area (Å²) >= 11 is 4.70. The fourth-order valence-electron chi connectivity index (χ4n) is 3.42. The highest BCUT2D eigenvalue weighted by Crippen LogP contribution is 2.37. The summed E-state index contributed by atoms with van der Waals surface area (Å²) in [5, 5.41) is 14.0. The minimum atomic E-state index is -1.54. The van der Waals surface area contributed by atoms with E-state index < -0.39 is 17.3 Å². The number of carboxylic acid groups (broad SMARTS) is 1. The molecule has 2 aromatic carbocycles. The van der Waals surface area contributed by atoms with Gasteiger partial charge in [-0.3, -0.25) is 4.98 Å². The Bertz CT molecular complexity index is 1120. The third kappa shape index (κ3) is 4.41. The maximum Gasteiger partial charge on any atom is 0.341 e. The number of carbonyl (C=O) groups is 1. The van der Waals surface area contributed by atoms with Crippen molar-refractivity contribution >= 4 is 51.2 Å². The zero-order valence-corrected chi connectivity index (χ0v) is 18.2. The normalized spacial score (nSPS) is 15.6. The van der Waals surface area contributed by atoms with E-state index in [1.54, 1.807) is 46.9 Å². The summed E-state index contributed by atoms with van der Waals surface area (Å²) in [6, 6.07) is 10.1. The number of anilines is 2. The Morgan fingerprint density at radius 3 is 2.81 bits per heavy atom. The van der Waals surface area contributed by atoms with Gasteiger partial charge in [-0.1, -0.05) is 17.7 Å². The van der Waals surface area contributed by atoms with E-state index in [0.29, 0.717) is 58.5 Å². The molecule has 1 unspecified atom stereocenters. The number of halogens is 1. The average Bonchev–Trinajstić information content (AvgIpc) is 2.79. The van der Waals surface area contributed by atoms with Crippen molar-refractivity contribution in [3.8, 4) is 5.75 Å². The number of aromatic nitrogens is 1. The van der Waals surface area contributed by atoms with Crippen LogP contribution in [0.1, 0.15) is 10.4 Å². The minimum absolute atomic E-state index is 0.0277. The predicted molar refractivity (Wildman–Crippen MR) is 119 cm³/mol. The highest BCUT2D eigenvalue weighted by molar-refractivity contribution is 7.89. The predicted octanol–water partition coefficient (Wildman–Crippen LogP) is 3.69. The molecule has 0 aliphatic carbocycles. The highest BCUT2D eigenvalue weighted by Gasteiger charge is 2.30. The number of hydrogen-bond acceptors (Lipinski definition) is 7. The molecule has 8 nitrogen and oxygen atoms in total.